The van der Waals surface area contributed by atoms with Gasteiger partial charge in [0.1, 0.15) is 12.7 Å². The van der Waals surface area contributed by atoms with E-state index in [1.165, 1.54) is 31.2 Å². The van der Waals surface area contributed by atoms with E-state index in [1.54, 1.807) is 17.3 Å². The van der Waals surface area contributed by atoms with Gasteiger partial charge in [-0.15, -0.1) is 0 Å². The van der Waals surface area contributed by atoms with Crippen molar-refractivity contribution in [1.82, 2.24) is 20.1 Å². The third-order valence-electron chi connectivity index (χ3n) is 4.50. The lowest BCUT2D eigenvalue weighted by Gasteiger charge is -2.30. The van der Waals surface area contributed by atoms with Crippen molar-refractivity contribution in [3.63, 3.8) is 0 Å². The number of benzene rings is 1. The first-order valence-corrected chi connectivity index (χ1v) is 7.93. The Labute approximate surface area is 126 Å². The van der Waals surface area contributed by atoms with E-state index in [2.05, 4.69) is 53.5 Å². The van der Waals surface area contributed by atoms with Gasteiger partial charge in [-0.3, -0.25) is 0 Å². The molecule has 3 unspecified atom stereocenters. The van der Waals surface area contributed by atoms with E-state index in [0.29, 0.717) is 12.1 Å². The molecule has 2 aromatic rings. The molecule has 1 aromatic heterocycles. The largest absolute Gasteiger partial charge is 0.307 e. The van der Waals surface area contributed by atoms with Crippen LogP contribution in [0.25, 0.3) is 5.69 Å². The van der Waals surface area contributed by atoms with Gasteiger partial charge in [-0.1, -0.05) is 31.9 Å². The number of hydrogen-bond acceptors (Lipinski definition) is 3. The highest BCUT2D eigenvalue weighted by atomic mass is 15.3. The first kappa shape index (κ1) is 14.3. The molecule has 0 amide bonds. The van der Waals surface area contributed by atoms with Gasteiger partial charge in [-0.2, -0.15) is 5.10 Å². The maximum absolute atomic E-state index is 4.15. The lowest BCUT2D eigenvalue weighted by molar-refractivity contribution is 0.285. The zero-order valence-corrected chi connectivity index (χ0v) is 12.9. The van der Waals surface area contributed by atoms with Crippen LogP contribution in [-0.4, -0.2) is 20.8 Å². The van der Waals surface area contributed by atoms with Gasteiger partial charge in [0.2, 0.25) is 0 Å². The van der Waals surface area contributed by atoms with Crippen LogP contribution in [0.2, 0.25) is 0 Å². The molecule has 1 aliphatic carbocycles. The van der Waals surface area contributed by atoms with Gasteiger partial charge in [-0.25, -0.2) is 9.67 Å². The minimum Gasteiger partial charge on any atom is -0.307 e. The van der Waals surface area contributed by atoms with Crippen LogP contribution < -0.4 is 5.32 Å². The van der Waals surface area contributed by atoms with Crippen LogP contribution in [0.3, 0.4) is 0 Å². The van der Waals surface area contributed by atoms with Gasteiger partial charge >= 0.3 is 0 Å². The van der Waals surface area contributed by atoms with Crippen molar-refractivity contribution in [3.05, 3.63) is 42.5 Å². The van der Waals surface area contributed by atoms with Gasteiger partial charge in [0.25, 0.3) is 0 Å². The smallest absolute Gasteiger partial charge is 0.138 e. The zero-order valence-electron chi connectivity index (χ0n) is 12.9. The molecule has 1 aliphatic rings. The quantitative estimate of drug-likeness (QED) is 0.934. The summed E-state index contributed by atoms with van der Waals surface area (Å²) in [5, 5.41) is 7.94. The Hall–Kier alpha value is -1.68. The molecule has 0 radical (unpaired) electrons. The lowest BCUT2D eigenvalue weighted by Crippen LogP contribution is -2.35. The molecular weight excluding hydrogens is 260 g/mol. The highest BCUT2D eigenvalue weighted by Gasteiger charge is 2.20. The zero-order chi connectivity index (χ0) is 14.7. The lowest BCUT2D eigenvalue weighted by atomic mass is 9.86. The molecule has 0 saturated heterocycles. The van der Waals surface area contributed by atoms with Crippen molar-refractivity contribution in [2.45, 2.75) is 51.6 Å². The van der Waals surface area contributed by atoms with E-state index < -0.39 is 0 Å². The molecule has 0 bridgehead atoms. The summed E-state index contributed by atoms with van der Waals surface area (Å²) in [6.07, 6.45) is 8.64. The molecule has 21 heavy (non-hydrogen) atoms. The van der Waals surface area contributed by atoms with Crippen molar-refractivity contribution in [2.75, 3.05) is 0 Å². The van der Waals surface area contributed by atoms with Crippen molar-refractivity contribution in [2.24, 2.45) is 5.92 Å². The summed E-state index contributed by atoms with van der Waals surface area (Å²) in [5.41, 5.74) is 2.38. The average molecular weight is 284 g/mol. The maximum atomic E-state index is 4.15. The molecule has 4 heteroatoms. The van der Waals surface area contributed by atoms with Gasteiger partial charge in [0, 0.05) is 12.1 Å². The van der Waals surface area contributed by atoms with Crippen molar-refractivity contribution >= 4 is 0 Å². The topological polar surface area (TPSA) is 42.7 Å². The molecule has 0 aliphatic heterocycles. The fourth-order valence-electron chi connectivity index (χ4n) is 3.29. The Morgan fingerprint density at radius 2 is 2.05 bits per heavy atom. The number of aromatic nitrogens is 3. The second-order valence-corrected chi connectivity index (χ2v) is 6.29. The maximum Gasteiger partial charge on any atom is 0.138 e. The van der Waals surface area contributed by atoms with Crippen LogP contribution in [-0.2, 0) is 0 Å². The van der Waals surface area contributed by atoms with E-state index in [9.17, 15) is 0 Å². The Kier molecular flexibility index (Phi) is 4.34. The summed E-state index contributed by atoms with van der Waals surface area (Å²) >= 11 is 0. The minimum absolute atomic E-state index is 0.394. The highest BCUT2D eigenvalue weighted by molar-refractivity contribution is 5.34. The number of nitrogens with one attached hydrogen (secondary N) is 1. The fourth-order valence-corrected chi connectivity index (χ4v) is 3.29. The molecule has 1 heterocycles. The summed E-state index contributed by atoms with van der Waals surface area (Å²) in [7, 11) is 0. The number of rotatable bonds is 4. The van der Waals surface area contributed by atoms with Crippen LogP contribution in [0.15, 0.2) is 36.9 Å². The number of hydrogen-bond donors (Lipinski definition) is 1. The molecule has 1 fully saturated rings. The molecule has 1 N–H and O–H groups in total. The van der Waals surface area contributed by atoms with E-state index >= 15 is 0 Å². The Morgan fingerprint density at radius 3 is 2.71 bits per heavy atom. The molecule has 1 aromatic carbocycles. The second-order valence-electron chi connectivity index (χ2n) is 6.29. The molecule has 3 rings (SSSR count). The summed E-state index contributed by atoms with van der Waals surface area (Å²) in [6, 6.07) is 9.63. The van der Waals surface area contributed by atoms with Crippen LogP contribution in [0.4, 0.5) is 0 Å². The fraction of sp³-hybridized carbons (Fsp3) is 0.529. The van der Waals surface area contributed by atoms with Gasteiger partial charge in [-0.05, 0) is 43.4 Å². The second kappa shape index (κ2) is 6.39. The summed E-state index contributed by atoms with van der Waals surface area (Å²) in [5.74, 6) is 0.859. The van der Waals surface area contributed by atoms with Crippen LogP contribution in [0, 0.1) is 5.92 Å². The predicted octanol–water partition coefficient (Wildman–Crippen LogP) is 3.50. The molecular formula is C17H24N4. The highest BCUT2D eigenvalue weighted by Crippen LogP contribution is 2.26. The van der Waals surface area contributed by atoms with E-state index in [-0.39, 0.29) is 0 Å². The van der Waals surface area contributed by atoms with E-state index in [4.69, 9.17) is 0 Å². The van der Waals surface area contributed by atoms with Gasteiger partial charge < -0.3 is 5.32 Å². The van der Waals surface area contributed by atoms with Crippen molar-refractivity contribution < 1.29 is 0 Å². The minimum atomic E-state index is 0.394. The summed E-state index contributed by atoms with van der Waals surface area (Å²) < 4.78 is 1.78. The SMILES string of the molecule is CC1CCCC(NC(C)c2ccc(-n3cncn3)cc2)C1. The van der Waals surface area contributed by atoms with Crippen molar-refractivity contribution in [1.29, 1.82) is 0 Å². The third kappa shape index (κ3) is 3.50. The molecule has 4 nitrogen and oxygen atoms in total. The predicted molar refractivity (Wildman–Crippen MR) is 84.3 cm³/mol. The molecule has 0 spiro atoms. The third-order valence-corrected chi connectivity index (χ3v) is 4.50. The number of nitrogens with zero attached hydrogens (tertiary/aromatic N) is 3. The Balaban J connectivity index is 1.63. The van der Waals surface area contributed by atoms with Crippen LogP contribution >= 0.6 is 0 Å². The average Bonchev–Trinajstić information content (AvgIpc) is 3.01. The standard InChI is InChI=1S/C17H24N4/c1-13-4-3-5-16(10-13)20-14(2)15-6-8-17(9-7-15)21-12-18-11-19-21/h6-9,11-14,16,20H,3-5,10H2,1-2H3. The molecule has 1 saturated carbocycles. The summed E-state index contributed by atoms with van der Waals surface area (Å²) in [4.78, 5) is 3.98. The van der Waals surface area contributed by atoms with E-state index in [1.807, 2.05) is 0 Å². The Bertz CT molecular complexity index is 547. The van der Waals surface area contributed by atoms with Gasteiger partial charge in [0.05, 0.1) is 5.69 Å². The van der Waals surface area contributed by atoms with Crippen molar-refractivity contribution in [3.8, 4) is 5.69 Å². The molecule has 3 atom stereocenters. The van der Waals surface area contributed by atoms with Gasteiger partial charge in [0.15, 0.2) is 0 Å². The van der Waals surface area contributed by atoms with Crippen LogP contribution in [0.5, 0.6) is 0 Å². The van der Waals surface area contributed by atoms with Crippen LogP contribution in [0.1, 0.15) is 51.1 Å². The summed E-state index contributed by atoms with van der Waals surface area (Å²) in [6.45, 7) is 4.62. The Morgan fingerprint density at radius 1 is 1.24 bits per heavy atom. The first-order chi connectivity index (χ1) is 10.2. The first-order valence-electron chi connectivity index (χ1n) is 7.93. The molecule has 112 valence electrons. The van der Waals surface area contributed by atoms with E-state index in [0.717, 1.165) is 11.6 Å². The monoisotopic (exact) mass is 284 g/mol. The normalized spacial score (nSPS) is 23.9.